The number of carbonyl (C=O) groups is 1. The van der Waals surface area contributed by atoms with Gasteiger partial charge in [0.2, 0.25) is 5.91 Å². The number of benzene rings is 2. The van der Waals surface area contributed by atoms with Crippen LogP contribution >= 0.6 is 0 Å². The first-order valence-corrected chi connectivity index (χ1v) is 7.12. The quantitative estimate of drug-likeness (QED) is 0.673. The highest BCUT2D eigenvalue weighted by Crippen LogP contribution is 2.34. The zero-order valence-electron chi connectivity index (χ0n) is 13.3. The summed E-state index contributed by atoms with van der Waals surface area (Å²) < 4.78 is 5.79. The van der Waals surface area contributed by atoms with E-state index in [1.165, 1.54) is 19.1 Å². The fourth-order valence-corrected chi connectivity index (χ4v) is 2.17. The smallest absolute Gasteiger partial charge is 0.272 e. The van der Waals surface area contributed by atoms with Crippen LogP contribution in [0.25, 0.3) is 0 Å². The molecule has 0 saturated carbocycles. The molecular formula is C17H18N2O4. The van der Waals surface area contributed by atoms with Crippen LogP contribution in [0.5, 0.6) is 5.75 Å². The topological polar surface area (TPSA) is 81.5 Å². The minimum Gasteiger partial charge on any atom is -0.486 e. The number of amides is 1. The lowest BCUT2D eigenvalue weighted by atomic mass is 10.1. The maximum atomic E-state index is 11.3. The number of nitro groups is 1. The number of aryl methyl sites for hydroxylation is 2. The van der Waals surface area contributed by atoms with E-state index >= 15 is 0 Å². The van der Waals surface area contributed by atoms with Crippen molar-refractivity contribution in [2.75, 3.05) is 5.32 Å². The normalized spacial score (nSPS) is 10.2. The summed E-state index contributed by atoms with van der Waals surface area (Å²) in [6.07, 6.45) is 0. The summed E-state index contributed by atoms with van der Waals surface area (Å²) in [5, 5.41) is 13.6. The Labute approximate surface area is 134 Å². The molecule has 0 aliphatic heterocycles. The van der Waals surface area contributed by atoms with Crippen LogP contribution in [0.15, 0.2) is 36.4 Å². The minimum absolute atomic E-state index is 0.0889. The first-order valence-electron chi connectivity index (χ1n) is 7.12. The van der Waals surface area contributed by atoms with Crippen molar-refractivity contribution in [2.45, 2.75) is 27.4 Å². The number of nitrogens with one attached hydrogen (secondary N) is 1. The number of carbonyl (C=O) groups excluding carboxylic acids is 1. The molecule has 0 fully saturated rings. The lowest BCUT2D eigenvalue weighted by Crippen LogP contribution is -2.09. The first-order chi connectivity index (χ1) is 10.9. The second-order valence-corrected chi connectivity index (χ2v) is 5.35. The Hall–Kier alpha value is -2.89. The average Bonchev–Trinajstić information content (AvgIpc) is 2.47. The minimum atomic E-state index is -0.498. The maximum absolute atomic E-state index is 11.3. The van der Waals surface area contributed by atoms with E-state index in [9.17, 15) is 14.9 Å². The molecule has 2 rings (SSSR count). The molecule has 0 saturated heterocycles. The van der Waals surface area contributed by atoms with Gasteiger partial charge in [-0.15, -0.1) is 0 Å². The Kier molecular flexibility index (Phi) is 4.95. The van der Waals surface area contributed by atoms with E-state index < -0.39 is 4.92 Å². The zero-order valence-corrected chi connectivity index (χ0v) is 13.3. The molecule has 1 N–H and O–H groups in total. The molecule has 0 aromatic heterocycles. The lowest BCUT2D eigenvalue weighted by Gasteiger charge is -2.14. The van der Waals surface area contributed by atoms with Crippen LogP contribution in [0, 0.1) is 24.0 Å². The highest BCUT2D eigenvalue weighted by atomic mass is 16.6. The third kappa shape index (κ3) is 4.29. The second kappa shape index (κ2) is 6.91. The first kappa shape index (κ1) is 16.5. The molecule has 2 aromatic rings. The molecule has 0 bridgehead atoms. The van der Waals surface area contributed by atoms with Gasteiger partial charge >= 0.3 is 0 Å². The number of hydrogen-bond acceptors (Lipinski definition) is 4. The van der Waals surface area contributed by atoms with Crippen LogP contribution in [0.3, 0.4) is 0 Å². The molecule has 120 valence electrons. The Morgan fingerprint density at radius 1 is 1.22 bits per heavy atom. The van der Waals surface area contributed by atoms with Crippen molar-refractivity contribution in [1.82, 2.24) is 0 Å². The van der Waals surface area contributed by atoms with Crippen molar-refractivity contribution in [2.24, 2.45) is 0 Å². The van der Waals surface area contributed by atoms with Gasteiger partial charge in [-0.05, 0) is 19.4 Å². The number of anilines is 1. The van der Waals surface area contributed by atoms with Gasteiger partial charge in [0.1, 0.15) is 12.4 Å². The molecule has 0 atom stereocenters. The van der Waals surface area contributed by atoms with Gasteiger partial charge in [-0.1, -0.05) is 29.8 Å². The number of non-ortho nitro benzene ring substituents is 1. The summed E-state index contributed by atoms with van der Waals surface area (Å²) in [4.78, 5) is 21.8. The van der Waals surface area contributed by atoms with E-state index in [2.05, 4.69) is 5.32 Å². The fourth-order valence-electron chi connectivity index (χ4n) is 2.17. The molecule has 0 spiro atoms. The third-order valence-electron chi connectivity index (χ3n) is 3.28. The summed E-state index contributed by atoms with van der Waals surface area (Å²) in [5.74, 6) is 0.122. The third-order valence-corrected chi connectivity index (χ3v) is 3.28. The van der Waals surface area contributed by atoms with Gasteiger partial charge in [-0.2, -0.15) is 0 Å². The van der Waals surface area contributed by atoms with Crippen molar-refractivity contribution in [3.63, 3.8) is 0 Å². The summed E-state index contributed by atoms with van der Waals surface area (Å²) in [6.45, 7) is 5.37. The van der Waals surface area contributed by atoms with Gasteiger partial charge in [0.05, 0.1) is 10.6 Å². The Balaban J connectivity index is 2.29. The Morgan fingerprint density at radius 2 is 1.87 bits per heavy atom. The number of nitro benzene ring substituents is 1. The SMILES string of the molecule is CC(=O)Nc1cc([N+](=O)[O-])cc(C)c1OCc1ccc(C)cc1. The van der Waals surface area contributed by atoms with Gasteiger partial charge in [0.15, 0.2) is 0 Å². The highest BCUT2D eigenvalue weighted by molar-refractivity contribution is 5.91. The van der Waals surface area contributed by atoms with Crippen LogP contribution in [0.1, 0.15) is 23.6 Å². The van der Waals surface area contributed by atoms with E-state index in [1.54, 1.807) is 6.92 Å². The van der Waals surface area contributed by atoms with E-state index in [1.807, 2.05) is 31.2 Å². The van der Waals surface area contributed by atoms with Crippen molar-refractivity contribution in [3.05, 3.63) is 63.2 Å². The predicted octanol–water partition coefficient (Wildman–Crippen LogP) is 3.75. The molecule has 6 nitrogen and oxygen atoms in total. The largest absolute Gasteiger partial charge is 0.486 e. The molecule has 23 heavy (non-hydrogen) atoms. The number of ether oxygens (including phenoxy) is 1. The van der Waals surface area contributed by atoms with Crippen LogP contribution in [-0.4, -0.2) is 10.8 Å². The van der Waals surface area contributed by atoms with Gasteiger partial charge in [0.25, 0.3) is 5.69 Å². The van der Waals surface area contributed by atoms with Gasteiger partial charge < -0.3 is 10.1 Å². The summed E-state index contributed by atoms with van der Waals surface area (Å²) in [6, 6.07) is 10.6. The van der Waals surface area contributed by atoms with Crippen molar-refractivity contribution >= 4 is 17.3 Å². The van der Waals surface area contributed by atoms with E-state index in [0.29, 0.717) is 23.6 Å². The van der Waals surface area contributed by atoms with Gasteiger partial charge in [0, 0.05) is 24.6 Å². The maximum Gasteiger partial charge on any atom is 0.272 e. The molecule has 2 aromatic carbocycles. The average molecular weight is 314 g/mol. The Morgan fingerprint density at radius 3 is 2.43 bits per heavy atom. The van der Waals surface area contributed by atoms with Crippen LogP contribution < -0.4 is 10.1 Å². The summed E-state index contributed by atoms with van der Waals surface area (Å²) in [7, 11) is 0. The predicted molar refractivity (Wildman–Crippen MR) is 87.6 cm³/mol. The van der Waals surface area contributed by atoms with Crippen molar-refractivity contribution in [3.8, 4) is 5.75 Å². The number of nitrogens with zero attached hydrogens (tertiary/aromatic N) is 1. The molecule has 6 heteroatoms. The van der Waals surface area contributed by atoms with Crippen LogP contribution in [0.2, 0.25) is 0 Å². The number of rotatable bonds is 5. The standard InChI is InChI=1S/C17H18N2O4/c1-11-4-6-14(7-5-11)10-23-17-12(2)8-15(19(21)22)9-16(17)18-13(3)20/h4-9H,10H2,1-3H3,(H,18,20). The van der Waals surface area contributed by atoms with E-state index in [0.717, 1.165) is 11.1 Å². The van der Waals surface area contributed by atoms with Gasteiger partial charge in [-0.25, -0.2) is 0 Å². The zero-order chi connectivity index (χ0) is 17.0. The highest BCUT2D eigenvalue weighted by Gasteiger charge is 2.16. The molecule has 0 radical (unpaired) electrons. The van der Waals surface area contributed by atoms with E-state index in [4.69, 9.17) is 4.74 Å². The summed E-state index contributed by atoms with van der Waals surface area (Å²) >= 11 is 0. The van der Waals surface area contributed by atoms with Crippen molar-refractivity contribution in [1.29, 1.82) is 0 Å². The van der Waals surface area contributed by atoms with Crippen molar-refractivity contribution < 1.29 is 14.5 Å². The lowest BCUT2D eigenvalue weighted by molar-refractivity contribution is -0.384. The molecule has 0 unspecified atom stereocenters. The molecular weight excluding hydrogens is 296 g/mol. The fraction of sp³-hybridized carbons (Fsp3) is 0.235. The van der Waals surface area contributed by atoms with Crippen LogP contribution in [0.4, 0.5) is 11.4 Å². The monoisotopic (exact) mass is 314 g/mol. The molecule has 1 amide bonds. The Bertz CT molecular complexity index is 739. The molecule has 0 heterocycles. The van der Waals surface area contributed by atoms with Crippen LogP contribution in [-0.2, 0) is 11.4 Å². The van der Waals surface area contributed by atoms with E-state index in [-0.39, 0.29) is 11.6 Å². The number of hydrogen-bond donors (Lipinski definition) is 1. The summed E-state index contributed by atoms with van der Waals surface area (Å²) in [5.41, 5.74) is 2.93. The molecule has 0 aliphatic carbocycles. The molecule has 0 aliphatic rings. The second-order valence-electron chi connectivity index (χ2n) is 5.35. The van der Waals surface area contributed by atoms with Gasteiger partial charge in [-0.3, -0.25) is 14.9 Å².